The van der Waals surface area contributed by atoms with Gasteiger partial charge in [0.25, 0.3) is 0 Å². The highest BCUT2D eigenvalue weighted by Crippen LogP contribution is 2.17. The van der Waals surface area contributed by atoms with E-state index in [1.165, 1.54) is 32.1 Å². The Bertz CT molecular complexity index is 261. The molecule has 0 heterocycles. The molecule has 0 aliphatic rings. The number of carbonyl (C=O) groups excluding carboxylic acids is 1. The second-order valence-corrected chi connectivity index (χ2v) is 5.99. The van der Waals surface area contributed by atoms with Gasteiger partial charge < -0.3 is 5.11 Å². The van der Waals surface area contributed by atoms with E-state index in [0.29, 0.717) is 25.0 Å². The van der Waals surface area contributed by atoms with Gasteiger partial charge in [-0.15, -0.1) is 0 Å². The topological polar surface area (TPSA) is 54.4 Å². The van der Waals surface area contributed by atoms with Gasteiger partial charge in [0, 0.05) is 19.3 Å². The Morgan fingerprint density at radius 2 is 1.45 bits per heavy atom. The number of carboxylic acid groups (broad SMARTS) is 1. The maximum atomic E-state index is 11.6. The highest BCUT2D eigenvalue weighted by molar-refractivity contribution is 5.78. The first kappa shape index (κ1) is 19.1. The number of carboxylic acids is 1. The Morgan fingerprint density at radius 3 is 2.10 bits per heavy atom. The molecule has 0 rings (SSSR count). The molecule has 0 saturated heterocycles. The Hall–Kier alpha value is -0.860. The quantitative estimate of drug-likeness (QED) is 0.458. The first-order valence-electron chi connectivity index (χ1n) is 8.29. The second-order valence-electron chi connectivity index (χ2n) is 5.99. The summed E-state index contributed by atoms with van der Waals surface area (Å²) >= 11 is 0. The minimum absolute atomic E-state index is 0.183. The Kier molecular flexibility index (Phi) is 12.6. The van der Waals surface area contributed by atoms with Gasteiger partial charge in [-0.3, -0.25) is 9.59 Å². The van der Waals surface area contributed by atoms with Crippen molar-refractivity contribution in [2.24, 2.45) is 5.92 Å². The summed E-state index contributed by atoms with van der Waals surface area (Å²) in [6.45, 7) is 4.51. The summed E-state index contributed by atoms with van der Waals surface area (Å²) in [5.74, 6) is 0.259. The van der Waals surface area contributed by atoms with Gasteiger partial charge in [0.15, 0.2) is 0 Å². The van der Waals surface area contributed by atoms with Gasteiger partial charge in [0.2, 0.25) is 0 Å². The number of hydrogen-bond donors (Lipinski definition) is 1. The molecular weight excluding hydrogens is 252 g/mol. The van der Waals surface area contributed by atoms with Crippen LogP contribution in [0, 0.1) is 5.92 Å². The van der Waals surface area contributed by atoms with Crippen LogP contribution >= 0.6 is 0 Å². The Balaban J connectivity index is 3.39. The molecule has 0 aliphatic heterocycles. The van der Waals surface area contributed by atoms with Gasteiger partial charge in [-0.1, -0.05) is 52.4 Å². The predicted molar refractivity (Wildman–Crippen MR) is 82.9 cm³/mol. The highest BCUT2D eigenvalue weighted by Gasteiger charge is 2.06. The number of aliphatic carboxylic acids is 1. The number of hydrogen-bond acceptors (Lipinski definition) is 2. The summed E-state index contributed by atoms with van der Waals surface area (Å²) in [6.07, 6.45) is 11.4. The molecular formula is C17H32O3. The fourth-order valence-corrected chi connectivity index (χ4v) is 2.44. The lowest BCUT2D eigenvalue weighted by atomic mass is 9.96. The molecule has 118 valence electrons. The third-order valence-electron chi connectivity index (χ3n) is 3.80. The first-order chi connectivity index (χ1) is 9.56. The van der Waals surface area contributed by atoms with Crippen molar-refractivity contribution in [1.29, 1.82) is 0 Å². The zero-order chi connectivity index (χ0) is 15.2. The summed E-state index contributed by atoms with van der Waals surface area (Å²) in [6, 6.07) is 0. The molecule has 3 heteroatoms. The minimum atomic E-state index is -0.769. The minimum Gasteiger partial charge on any atom is -0.481 e. The zero-order valence-electron chi connectivity index (χ0n) is 13.3. The van der Waals surface area contributed by atoms with E-state index in [-0.39, 0.29) is 6.42 Å². The van der Waals surface area contributed by atoms with Gasteiger partial charge in [-0.05, 0) is 25.2 Å². The Labute approximate surface area is 124 Å². The maximum Gasteiger partial charge on any atom is 0.303 e. The number of Topliss-reactive ketones (excluding diaryl/α,β-unsaturated/α-hetero) is 1. The molecule has 1 unspecified atom stereocenters. The van der Waals surface area contributed by atoms with E-state index in [1.807, 2.05) is 0 Å². The third-order valence-corrected chi connectivity index (χ3v) is 3.80. The van der Waals surface area contributed by atoms with Crippen LogP contribution in [0.5, 0.6) is 0 Å². The monoisotopic (exact) mass is 284 g/mol. The highest BCUT2D eigenvalue weighted by atomic mass is 16.4. The number of unbranched alkanes of at least 4 members (excludes halogenated alkanes) is 4. The van der Waals surface area contributed by atoms with Crippen LogP contribution in [0.15, 0.2) is 0 Å². The molecule has 0 bridgehead atoms. The van der Waals surface area contributed by atoms with E-state index in [2.05, 4.69) is 13.8 Å². The van der Waals surface area contributed by atoms with E-state index in [1.54, 1.807) is 0 Å². The van der Waals surface area contributed by atoms with Crippen molar-refractivity contribution in [3.8, 4) is 0 Å². The van der Waals surface area contributed by atoms with E-state index < -0.39 is 5.97 Å². The van der Waals surface area contributed by atoms with E-state index in [4.69, 9.17) is 5.11 Å². The lowest BCUT2D eigenvalue weighted by Gasteiger charge is -2.10. The SMILES string of the molecule is CCCCCCC(C)CCCC(=O)CCCCC(=O)O. The lowest BCUT2D eigenvalue weighted by Crippen LogP contribution is -2.02. The third kappa shape index (κ3) is 13.6. The van der Waals surface area contributed by atoms with Crippen LogP contribution in [-0.2, 0) is 9.59 Å². The largest absolute Gasteiger partial charge is 0.481 e. The van der Waals surface area contributed by atoms with Crippen LogP contribution in [0.4, 0.5) is 0 Å². The first-order valence-corrected chi connectivity index (χ1v) is 8.29. The molecule has 1 N–H and O–H groups in total. The molecule has 0 aliphatic carbocycles. The molecule has 20 heavy (non-hydrogen) atoms. The molecule has 0 spiro atoms. The van der Waals surface area contributed by atoms with E-state index in [9.17, 15) is 9.59 Å². The number of carbonyl (C=O) groups is 2. The summed E-state index contributed by atoms with van der Waals surface area (Å²) in [4.78, 5) is 22.0. The van der Waals surface area contributed by atoms with Crippen molar-refractivity contribution in [3.05, 3.63) is 0 Å². The van der Waals surface area contributed by atoms with Crippen LogP contribution in [0.2, 0.25) is 0 Å². The molecule has 0 radical (unpaired) electrons. The maximum absolute atomic E-state index is 11.6. The standard InChI is InChI=1S/C17H32O3/c1-3-4-5-6-10-15(2)11-9-13-16(18)12-7-8-14-17(19)20/h15H,3-14H2,1-2H3,(H,19,20). The van der Waals surface area contributed by atoms with Gasteiger partial charge in [0.1, 0.15) is 5.78 Å². The normalized spacial score (nSPS) is 12.3. The predicted octanol–water partition coefficient (Wildman–Crippen LogP) is 4.98. The summed E-state index contributed by atoms with van der Waals surface area (Å²) < 4.78 is 0. The summed E-state index contributed by atoms with van der Waals surface area (Å²) in [5.41, 5.74) is 0. The number of rotatable bonds is 14. The molecule has 0 amide bonds. The molecule has 0 saturated carbocycles. The lowest BCUT2D eigenvalue weighted by molar-refractivity contribution is -0.137. The van der Waals surface area contributed by atoms with Gasteiger partial charge in [-0.2, -0.15) is 0 Å². The average Bonchev–Trinajstić information content (AvgIpc) is 2.39. The van der Waals surface area contributed by atoms with Gasteiger partial charge in [-0.25, -0.2) is 0 Å². The van der Waals surface area contributed by atoms with Gasteiger partial charge in [0.05, 0.1) is 0 Å². The van der Waals surface area contributed by atoms with Crippen LogP contribution in [-0.4, -0.2) is 16.9 Å². The molecule has 0 fully saturated rings. The van der Waals surface area contributed by atoms with Crippen molar-refractivity contribution in [3.63, 3.8) is 0 Å². The molecule has 0 aromatic carbocycles. The molecule has 1 atom stereocenters. The molecule has 0 aromatic rings. The van der Waals surface area contributed by atoms with Gasteiger partial charge >= 0.3 is 5.97 Å². The summed E-state index contributed by atoms with van der Waals surface area (Å²) in [5, 5.41) is 8.50. The molecule has 3 nitrogen and oxygen atoms in total. The Morgan fingerprint density at radius 1 is 0.850 bits per heavy atom. The number of ketones is 1. The van der Waals surface area contributed by atoms with Crippen molar-refractivity contribution in [2.75, 3.05) is 0 Å². The molecule has 0 aromatic heterocycles. The van der Waals surface area contributed by atoms with Crippen molar-refractivity contribution >= 4 is 11.8 Å². The van der Waals surface area contributed by atoms with Crippen LogP contribution < -0.4 is 0 Å². The van der Waals surface area contributed by atoms with Crippen molar-refractivity contribution in [1.82, 2.24) is 0 Å². The zero-order valence-corrected chi connectivity index (χ0v) is 13.3. The van der Waals surface area contributed by atoms with E-state index >= 15 is 0 Å². The van der Waals surface area contributed by atoms with E-state index in [0.717, 1.165) is 25.2 Å². The second kappa shape index (κ2) is 13.1. The fourth-order valence-electron chi connectivity index (χ4n) is 2.44. The van der Waals surface area contributed by atoms with Crippen molar-refractivity contribution in [2.45, 2.75) is 90.9 Å². The van der Waals surface area contributed by atoms with Crippen LogP contribution in [0.1, 0.15) is 90.9 Å². The van der Waals surface area contributed by atoms with Crippen molar-refractivity contribution < 1.29 is 14.7 Å². The average molecular weight is 284 g/mol. The fraction of sp³-hybridized carbons (Fsp3) is 0.882. The smallest absolute Gasteiger partial charge is 0.303 e. The van der Waals surface area contributed by atoms with Crippen LogP contribution in [0.25, 0.3) is 0 Å². The van der Waals surface area contributed by atoms with Crippen LogP contribution in [0.3, 0.4) is 0 Å². The summed E-state index contributed by atoms with van der Waals surface area (Å²) in [7, 11) is 0.